The molecule has 29 heavy (non-hydrogen) atoms. The summed E-state index contributed by atoms with van der Waals surface area (Å²) in [6.45, 7) is 3.17. The first-order chi connectivity index (χ1) is 14.1. The van der Waals surface area contributed by atoms with Gasteiger partial charge in [-0.1, -0.05) is 12.1 Å². The molecule has 6 heteroatoms. The number of carbonyl (C=O) groups is 1. The van der Waals surface area contributed by atoms with Gasteiger partial charge in [-0.2, -0.15) is 0 Å². The van der Waals surface area contributed by atoms with Crippen molar-refractivity contribution in [2.24, 2.45) is 7.05 Å². The van der Waals surface area contributed by atoms with Crippen molar-refractivity contribution in [3.8, 4) is 11.1 Å². The molecule has 0 bridgehead atoms. The molecule has 1 unspecified atom stereocenters. The zero-order chi connectivity index (χ0) is 20.0. The monoisotopic (exact) mass is 385 g/mol. The van der Waals surface area contributed by atoms with E-state index in [-0.39, 0.29) is 11.9 Å². The van der Waals surface area contributed by atoms with Gasteiger partial charge >= 0.3 is 0 Å². The Hall–Kier alpha value is -3.41. The van der Waals surface area contributed by atoms with Gasteiger partial charge in [0, 0.05) is 68.5 Å². The van der Waals surface area contributed by atoms with Crippen molar-refractivity contribution < 1.29 is 4.79 Å². The number of benzene rings is 2. The Morgan fingerprint density at radius 1 is 1.14 bits per heavy atom. The van der Waals surface area contributed by atoms with Crippen LogP contribution in [-0.4, -0.2) is 44.5 Å². The number of rotatable bonds is 3. The highest BCUT2D eigenvalue weighted by Gasteiger charge is 2.24. The van der Waals surface area contributed by atoms with Crippen molar-refractivity contribution in [2.75, 3.05) is 18.4 Å². The molecule has 1 aliphatic heterocycles. The number of carbonyl (C=O) groups excluding carboxylic acids is 1. The summed E-state index contributed by atoms with van der Waals surface area (Å²) in [5.41, 5.74) is 6.12. The van der Waals surface area contributed by atoms with Crippen molar-refractivity contribution >= 4 is 33.5 Å². The largest absolute Gasteiger partial charge is 0.380 e. The van der Waals surface area contributed by atoms with E-state index in [9.17, 15) is 4.79 Å². The average molecular weight is 385 g/mol. The quantitative estimate of drug-likeness (QED) is 0.582. The number of aryl methyl sites for hydroxylation is 1. The standard InChI is InChI=1S/C23H23N5O/c1-15(29)28-10-6-18(14-28)26-19-12-20(23-21(13-19)24-7-8-25-23)17-4-3-16-5-9-27(2)22(16)11-17/h3-5,7-9,11-13,18,26H,6,10,14H2,1-2H3. The van der Waals surface area contributed by atoms with E-state index in [0.717, 1.165) is 47.4 Å². The third-order valence-corrected chi connectivity index (χ3v) is 5.78. The lowest BCUT2D eigenvalue weighted by atomic mass is 10.0. The number of fused-ring (bicyclic) bond motifs is 2. The lowest BCUT2D eigenvalue weighted by Crippen LogP contribution is -2.29. The number of likely N-dealkylation sites (tertiary alicyclic amines) is 1. The van der Waals surface area contributed by atoms with Crippen LogP contribution in [0.1, 0.15) is 13.3 Å². The minimum Gasteiger partial charge on any atom is -0.380 e. The van der Waals surface area contributed by atoms with Gasteiger partial charge in [-0.3, -0.25) is 14.8 Å². The molecule has 2 aromatic heterocycles. The molecule has 1 amide bonds. The second-order valence-electron chi connectivity index (χ2n) is 7.74. The van der Waals surface area contributed by atoms with Gasteiger partial charge in [-0.05, 0) is 41.6 Å². The molecule has 3 heterocycles. The molecule has 1 saturated heterocycles. The van der Waals surface area contributed by atoms with Crippen LogP contribution in [0.15, 0.2) is 55.0 Å². The molecule has 146 valence electrons. The lowest BCUT2D eigenvalue weighted by molar-refractivity contribution is -0.127. The van der Waals surface area contributed by atoms with E-state index in [0.29, 0.717) is 0 Å². The van der Waals surface area contributed by atoms with Gasteiger partial charge in [0.1, 0.15) is 0 Å². The summed E-state index contributed by atoms with van der Waals surface area (Å²) in [5, 5.41) is 4.82. The summed E-state index contributed by atoms with van der Waals surface area (Å²) in [7, 11) is 2.06. The number of amides is 1. The highest BCUT2D eigenvalue weighted by molar-refractivity contribution is 5.97. The Morgan fingerprint density at radius 3 is 2.83 bits per heavy atom. The SMILES string of the molecule is CC(=O)N1CCC(Nc2cc(-c3ccc4ccn(C)c4c3)c3nccnc3c2)C1. The first-order valence-electron chi connectivity index (χ1n) is 9.91. The lowest BCUT2D eigenvalue weighted by Gasteiger charge is -2.17. The smallest absolute Gasteiger partial charge is 0.219 e. The molecule has 1 fully saturated rings. The van der Waals surface area contributed by atoms with Crippen LogP contribution < -0.4 is 5.32 Å². The summed E-state index contributed by atoms with van der Waals surface area (Å²) < 4.78 is 2.13. The molecular formula is C23H23N5O. The van der Waals surface area contributed by atoms with Crippen LogP contribution in [0.5, 0.6) is 0 Å². The predicted molar refractivity (Wildman–Crippen MR) is 116 cm³/mol. The highest BCUT2D eigenvalue weighted by atomic mass is 16.2. The van der Waals surface area contributed by atoms with E-state index in [4.69, 9.17) is 0 Å². The Bertz CT molecular complexity index is 1230. The van der Waals surface area contributed by atoms with Crippen LogP contribution >= 0.6 is 0 Å². The van der Waals surface area contributed by atoms with Crippen molar-refractivity contribution in [1.82, 2.24) is 19.4 Å². The molecule has 0 spiro atoms. The van der Waals surface area contributed by atoms with Crippen LogP contribution in [0.3, 0.4) is 0 Å². The molecule has 1 aliphatic rings. The van der Waals surface area contributed by atoms with Crippen LogP contribution in [0.4, 0.5) is 5.69 Å². The minimum absolute atomic E-state index is 0.134. The highest BCUT2D eigenvalue weighted by Crippen LogP contribution is 2.32. The van der Waals surface area contributed by atoms with Gasteiger partial charge < -0.3 is 14.8 Å². The first kappa shape index (κ1) is 17.7. The van der Waals surface area contributed by atoms with Crippen LogP contribution in [0, 0.1) is 0 Å². The van der Waals surface area contributed by atoms with Gasteiger partial charge in [0.15, 0.2) is 0 Å². The summed E-state index contributed by atoms with van der Waals surface area (Å²) >= 11 is 0. The van der Waals surface area contributed by atoms with Crippen molar-refractivity contribution in [2.45, 2.75) is 19.4 Å². The van der Waals surface area contributed by atoms with E-state index >= 15 is 0 Å². The van der Waals surface area contributed by atoms with E-state index in [1.165, 1.54) is 10.9 Å². The molecule has 0 radical (unpaired) electrons. The van der Waals surface area contributed by atoms with Crippen LogP contribution in [0.2, 0.25) is 0 Å². The van der Waals surface area contributed by atoms with Gasteiger partial charge in [-0.15, -0.1) is 0 Å². The molecule has 4 aromatic rings. The second-order valence-corrected chi connectivity index (χ2v) is 7.74. The van der Waals surface area contributed by atoms with Crippen LogP contribution in [-0.2, 0) is 11.8 Å². The Kier molecular flexibility index (Phi) is 4.19. The molecule has 2 aromatic carbocycles. The Morgan fingerprint density at radius 2 is 2.00 bits per heavy atom. The third-order valence-electron chi connectivity index (χ3n) is 5.78. The maximum atomic E-state index is 11.6. The molecule has 5 rings (SSSR count). The summed E-state index contributed by atoms with van der Waals surface area (Å²) in [5.74, 6) is 0.134. The average Bonchev–Trinajstić information content (AvgIpc) is 3.34. The number of aromatic nitrogens is 3. The first-order valence-corrected chi connectivity index (χ1v) is 9.91. The molecule has 0 aliphatic carbocycles. The zero-order valence-electron chi connectivity index (χ0n) is 16.6. The fraction of sp³-hybridized carbons (Fsp3) is 0.261. The maximum Gasteiger partial charge on any atom is 0.219 e. The van der Waals surface area contributed by atoms with Gasteiger partial charge in [0.25, 0.3) is 0 Å². The summed E-state index contributed by atoms with van der Waals surface area (Å²) in [4.78, 5) is 22.7. The number of nitrogens with zero attached hydrogens (tertiary/aromatic N) is 4. The number of anilines is 1. The zero-order valence-corrected chi connectivity index (χ0v) is 16.6. The van der Waals surface area contributed by atoms with E-state index < -0.39 is 0 Å². The maximum absolute atomic E-state index is 11.6. The normalized spacial score (nSPS) is 16.6. The Labute approximate surface area is 169 Å². The summed E-state index contributed by atoms with van der Waals surface area (Å²) in [6.07, 6.45) is 6.49. The molecule has 1 atom stereocenters. The molecule has 6 nitrogen and oxygen atoms in total. The van der Waals surface area contributed by atoms with Crippen LogP contribution in [0.25, 0.3) is 33.1 Å². The minimum atomic E-state index is 0.134. The van der Waals surface area contributed by atoms with E-state index in [2.05, 4.69) is 63.4 Å². The van der Waals surface area contributed by atoms with Crippen molar-refractivity contribution in [1.29, 1.82) is 0 Å². The molecule has 1 N–H and O–H groups in total. The second kappa shape index (κ2) is 6.88. The topological polar surface area (TPSA) is 63.1 Å². The Balaban J connectivity index is 1.57. The predicted octanol–water partition coefficient (Wildman–Crippen LogP) is 3.82. The van der Waals surface area contributed by atoms with Gasteiger partial charge in [0.2, 0.25) is 5.91 Å². The number of nitrogens with one attached hydrogen (secondary N) is 1. The van der Waals surface area contributed by atoms with E-state index in [1.54, 1.807) is 19.3 Å². The fourth-order valence-electron chi connectivity index (χ4n) is 4.21. The van der Waals surface area contributed by atoms with Crippen molar-refractivity contribution in [3.05, 3.63) is 55.0 Å². The van der Waals surface area contributed by atoms with Gasteiger partial charge in [-0.25, -0.2) is 0 Å². The molecule has 0 saturated carbocycles. The third kappa shape index (κ3) is 3.20. The van der Waals surface area contributed by atoms with Gasteiger partial charge in [0.05, 0.1) is 11.0 Å². The number of hydrogen-bond donors (Lipinski definition) is 1. The summed E-state index contributed by atoms with van der Waals surface area (Å²) in [6, 6.07) is 13.1. The van der Waals surface area contributed by atoms with Crippen molar-refractivity contribution in [3.63, 3.8) is 0 Å². The molecular weight excluding hydrogens is 362 g/mol. The number of hydrogen-bond acceptors (Lipinski definition) is 4. The van der Waals surface area contributed by atoms with E-state index in [1.807, 2.05) is 11.0 Å². The fourth-order valence-corrected chi connectivity index (χ4v) is 4.21.